The molecule has 1 aromatic heterocycles. The second kappa shape index (κ2) is 6.71. The minimum atomic E-state index is 0.261. The van der Waals surface area contributed by atoms with Crippen molar-refractivity contribution in [2.75, 3.05) is 0 Å². The lowest BCUT2D eigenvalue weighted by molar-refractivity contribution is 0.343. The van der Waals surface area contributed by atoms with Crippen LogP contribution >= 0.6 is 0 Å². The van der Waals surface area contributed by atoms with E-state index in [9.17, 15) is 0 Å². The molecule has 0 aromatic carbocycles. The molecule has 2 unspecified atom stereocenters. The fraction of sp³-hybridized carbons (Fsp3) is 0.833. The molecule has 0 saturated carbocycles. The fourth-order valence-corrected chi connectivity index (χ4v) is 2.13. The molecule has 0 spiro atoms. The maximum atomic E-state index is 5.64. The van der Waals surface area contributed by atoms with Gasteiger partial charge in [0.25, 0.3) is 0 Å². The van der Waals surface area contributed by atoms with Crippen molar-refractivity contribution < 1.29 is 0 Å². The highest BCUT2D eigenvalue weighted by Gasteiger charge is 2.19. The van der Waals surface area contributed by atoms with Gasteiger partial charge in [-0.05, 0) is 26.2 Å². The third-order valence-corrected chi connectivity index (χ3v) is 3.18. The van der Waals surface area contributed by atoms with Gasteiger partial charge in [0.1, 0.15) is 12.2 Å². The second-order valence-corrected chi connectivity index (χ2v) is 4.96. The molecule has 0 saturated heterocycles. The number of hydrogen-bond acceptors (Lipinski definition) is 4. The zero-order valence-electron chi connectivity index (χ0n) is 11.3. The van der Waals surface area contributed by atoms with E-state index < -0.39 is 0 Å². The van der Waals surface area contributed by atoms with Gasteiger partial charge in [-0.2, -0.15) is 5.10 Å². The molecule has 3 N–H and O–H groups in total. The van der Waals surface area contributed by atoms with Gasteiger partial charge in [-0.3, -0.25) is 11.3 Å². The fourth-order valence-electron chi connectivity index (χ4n) is 2.13. The van der Waals surface area contributed by atoms with Crippen LogP contribution in [-0.2, 0) is 6.42 Å². The zero-order chi connectivity index (χ0) is 12.8. The monoisotopic (exact) mass is 239 g/mol. The summed E-state index contributed by atoms with van der Waals surface area (Å²) in [6.45, 7) is 8.64. The van der Waals surface area contributed by atoms with Crippen molar-refractivity contribution in [2.45, 2.75) is 59.0 Å². The third kappa shape index (κ3) is 3.78. The Labute approximate surface area is 104 Å². The van der Waals surface area contributed by atoms with Crippen LogP contribution in [0, 0.1) is 5.92 Å². The minimum Gasteiger partial charge on any atom is -0.271 e. The Morgan fingerprint density at radius 1 is 1.41 bits per heavy atom. The van der Waals surface area contributed by atoms with Crippen LogP contribution in [0.15, 0.2) is 6.33 Å². The molecule has 1 rings (SSSR count). The first-order chi connectivity index (χ1) is 8.10. The second-order valence-electron chi connectivity index (χ2n) is 4.96. The van der Waals surface area contributed by atoms with Crippen molar-refractivity contribution in [3.8, 4) is 0 Å². The molecule has 5 heteroatoms. The third-order valence-electron chi connectivity index (χ3n) is 3.18. The average Bonchev–Trinajstić information content (AvgIpc) is 2.74. The van der Waals surface area contributed by atoms with Crippen LogP contribution in [-0.4, -0.2) is 20.8 Å². The van der Waals surface area contributed by atoms with Crippen LogP contribution in [0.5, 0.6) is 0 Å². The van der Waals surface area contributed by atoms with Crippen molar-refractivity contribution in [2.24, 2.45) is 11.8 Å². The average molecular weight is 239 g/mol. The van der Waals surface area contributed by atoms with Crippen molar-refractivity contribution in [1.29, 1.82) is 0 Å². The van der Waals surface area contributed by atoms with Crippen LogP contribution in [0.25, 0.3) is 0 Å². The number of aromatic nitrogens is 3. The van der Waals surface area contributed by atoms with Gasteiger partial charge in [-0.15, -0.1) is 0 Å². The van der Waals surface area contributed by atoms with Gasteiger partial charge in [0.2, 0.25) is 0 Å². The Hall–Kier alpha value is -0.940. The number of hydrazine groups is 1. The summed E-state index contributed by atoms with van der Waals surface area (Å²) >= 11 is 0. The normalized spacial score (nSPS) is 15.2. The molecule has 1 aromatic rings. The Kier molecular flexibility index (Phi) is 5.58. The molecule has 0 aliphatic carbocycles. The molecule has 0 aliphatic rings. The first-order valence-corrected chi connectivity index (χ1v) is 6.44. The van der Waals surface area contributed by atoms with E-state index in [1.54, 1.807) is 6.33 Å². The number of rotatable bonds is 7. The van der Waals surface area contributed by atoms with Crippen molar-refractivity contribution in [1.82, 2.24) is 20.2 Å². The van der Waals surface area contributed by atoms with Gasteiger partial charge in [0.15, 0.2) is 0 Å². The molecule has 0 amide bonds. The lowest BCUT2D eigenvalue weighted by Crippen LogP contribution is -2.42. The summed E-state index contributed by atoms with van der Waals surface area (Å²) in [5, 5.41) is 4.25. The van der Waals surface area contributed by atoms with E-state index in [1.165, 1.54) is 12.8 Å². The van der Waals surface area contributed by atoms with Crippen molar-refractivity contribution >= 4 is 0 Å². The van der Waals surface area contributed by atoms with Gasteiger partial charge >= 0.3 is 0 Å². The molecule has 0 aliphatic heterocycles. The predicted molar refractivity (Wildman–Crippen MR) is 69.3 cm³/mol. The molecule has 2 atom stereocenters. The Morgan fingerprint density at radius 3 is 2.65 bits per heavy atom. The van der Waals surface area contributed by atoms with E-state index in [4.69, 9.17) is 5.84 Å². The molecule has 17 heavy (non-hydrogen) atoms. The molecule has 0 radical (unpaired) electrons. The van der Waals surface area contributed by atoms with Gasteiger partial charge in [-0.1, -0.05) is 20.3 Å². The topological polar surface area (TPSA) is 68.8 Å². The number of nitrogens with two attached hydrogens (primary N) is 1. The molecule has 0 bridgehead atoms. The summed E-state index contributed by atoms with van der Waals surface area (Å²) < 4.78 is 1.96. The zero-order valence-corrected chi connectivity index (χ0v) is 11.3. The lowest BCUT2D eigenvalue weighted by Gasteiger charge is -2.23. The van der Waals surface area contributed by atoms with Gasteiger partial charge in [0, 0.05) is 18.5 Å². The number of nitrogens with zero attached hydrogens (tertiary/aromatic N) is 3. The quantitative estimate of drug-likeness (QED) is 0.561. The smallest absolute Gasteiger partial charge is 0.138 e. The van der Waals surface area contributed by atoms with Crippen LogP contribution in [0.4, 0.5) is 0 Å². The molecular weight excluding hydrogens is 214 g/mol. The summed E-state index contributed by atoms with van der Waals surface area (Å²) in [5.74, 6) is 7.19. The molecule has 0 fully saturated rings. The number of hydrogen-bond donors (Lipinski definition) is 2. The van der Waals surface area contributed by atoms with Crippen LogP contribution in [0.2, 0.25) is 0 Å². The highest BCUT2D eigenvalue weighted by Crippen LogP contribution is 2.15. The molecule has 98 valence electrons. The van der Waals surface area contributed by atoms with E-state index in [0.717, 1.165) is 12.2 Å². The van der Waals surface area contributed by atoms with Crippen molar-refractivity contribution in [3.63, 3.8) is 0 Å². The van der Waals surface area contributed by atoms with Gasteiger partial charge in [0.05, 0.1) is 0 Å². The Morgan fingerprint density at radius 2 is 2.12 bits per heavy atom. The largest absolute Gasteiger partial charge is 0.271 e. The maximum absolute atomic E-state index is 5.64. The Bertz CT molecular complexity index is 320. The SMILES string of the molecule is CCCC(C)C(Cc1ncnn1C(C)C)NN. The molecule has 5 nitrogen and oxygen atoms in total. The van der Waals surface area contributed by atoms with E-state index in [-0.39, 0.29) is 6.04 Å². The Balaban J connectivity index is 2.70. The van der Waals surface area contributed by atoms with E-state index in [1.807, 2.05) is 4.68 Å². The maximum Gasteiger partial charge on any atom is 0.138 e. The molecular formula is C12H25N5. The van der Waals surface area contributed by atoms with E-state index >= 15 is 0 Å². The standard InChI is InChI=1S/C12H25N5/c1-5-6-10(4)11(16-13)7-12-14-8-15-17(12)9(2)3/h8-11,16H,5-7,13H2,1-4H3. The predicted octanol–water partition coefficient (Wildman–Crippen LogP) is 1.67. The van der Waals surface area contributed by atoms with Crippen LogP contribution in [0.3, 0.4) is 0 Å². The van der Waals surface area contributed by atoms with Crippen molar-refractivity contribution in [3.05, 3.63) is 12.2 Å². The number of nitrogens with one attached hydrogen (secondary N) is 1. The first-order valence-electron chi connectivity index (χ1n) is 6.44. The summed E-state index contributed by atoms with van der Waals surface area (Å²) in [6, 6.07) is 0.601. The van der Waals surface area contributed by atoms with Crippen LogP contribution in [0.1, 0.15) is 52.4 Å². The van der Waals surface area contributed by atoms with Gasteiger partial charge < -0.3 is 0 Å². The highest BCUT2D eigenvalue weighted by atomic mass is 15.3. The molecule has 1 heterocycles. The summed E-state index contributed by atoms with van der Waals surface area (Å²) in [4.78, 5) is 4.32. The minimum absolute atomic E-state index is 0.261. The van der Waals surface area contributed by atoms with Crippen LogP contribution < -0.4 is 11.3 Å². The summed E-state index contributed by atoms with van der Waals surface area (Å²) in [7, 11) is 0. The lowest BCUT2D eigenvalue weighted by atomic mass is 9.94. The van der Waals surface area contributed by atoms with Gasteiger partial charge in [-0.25, -0.2) is 9.67 Å². The first kappa shape index (κ1) is 14.1. The summed E-state index contributed by atoms with van der Waals surface area (Å²) in [6.07, 6.45) is 4.80. The summed E-state index contributed by atoms with van der Waals surface area (Å²) in [5.41, 5.74) is 2.91. The van der Waals surface area contributed by atoms with E-state index in [0.29, 0.717) is 12.0 Å². The highest BCUT2D eigenvalue weighted by molar-refractivity contribution is 4.92. The van der Waals surface area contributed by atoms with E-state index in [2.05, 4.69) is 43.2 Å².